The minimum absolute atomic E-state index is 0.276. The molecule has 1 aromatic carbocycles. The van der Waals surface area contributed by atoms with E-state index in [0.717, 1.165) is 5.01 Å². The SMILES string of the molecule is Cc1cc(Cl)c(-c2csc(CN)n2)cc1F. The Morgan fingerprint density at radius 1 is 1.50 bits per heavy atom. The summed E-state index contributed by atoms with van der Waals surface area (Å²) >= 11 is 7.50. The van der Waals surface area contributed by atoms with Crippen LogP contribution < -0.4 is 5.73 Å². The Balaban J connectivity index is 2.51. The minimum Gasteiger partial charge on any atom is -0.325 e. The Morgan fingerprint density at radius 2 is 2.25 bits per heavy atom. The van der Waals surface area contributed by atoms with Gasteiger partial charge in [-0.3, -0.25) is 0 Å². The third-order valence-electron chi connectivity index (χ3n) is 2.25. The molecular formula is C11H10ClFN2S. The predicted molar refractivity (Wildman–Crippen MR) is 65.1 cm³/mol. The molecule has 1 heterocycles. The van der Waals surface area contributed by atoms with E-state index in [-0.39, 0.29) is 5.82 Å². The van der Waals surface area contributed by atoms with E-state index in [9.17, 15) is 4.39 Å². The molecule has 16 heavy (non-hydrogen) atoms. The lowest BCUT2D eigenvalue weighted by Crippen LogP contribution is -1.95. The Bertz CT molecular complexity index is 525. The van der Waals surface area contributed by atoms with Gasteiger partial charge < -0.3 is 5.73 Å². The molecule has 0 saturated heterocycles. The van der Waals surface area contributed by atoms with Gasteiger partial charge in [-0.05, 0) is 24.6 Å². The molecule has 0 aliphatic heterocycles. The average Bonchev–Trinajstić information content (AvgIpc) is 2.71. The molecule has 0 spiro atoms. The highest BCUT2D eigenvalue weighted by Gasteiger charge is 2.10. The largest absolute Gasteiger partial charge is 0.325 e. The number of thiazole rings is 1. The minimum atomic E-state index is -0.276. The first-order chi connectivity index (χ1) is 7.61. The van der Waals surface area contributed by atoms with E-state index in [1.165, 1.54) is 17.4 Å². The maximum Gasteiger partial charge on any atom is 0.126 e. The Kier molecular flexibility index (Phi) is 3.23. The van der Waals surface area contributed by atoms with Crippen LogP contribution >= 0.6 is 22.9 Å². The maximum absolute atomic E-state index is 13.4. The molecule has 0 unspecified atom stereocenters. The van der Waals surface area contributed by atoms with Crippen molar-refractivity contribution < 1.29 is 4.39 Å². The molecule has 84 valence electrons. The van der Waals surface area contributed by atoms with Gasteiger partial charge in [0.1, 0.15) is 10.8 Å². The van der Waals surface area contributed by atoms with Crippen LogP contribution in [0.4, 0.5) is 4.39 Å². The van der Waals surface area contributed by atoms with Crippen molar-refractivity contribution >= 4 is 22.9 Å². The number of nitrogens with two attached hydrogens (primary N) is 1. The molecule has 2 aromatic rings. The summed E-state index contributed by atoms with van der Waals surface area (Å²) in [5.74, 6) is -0.276. The lowest BCUT2D eigenvalue weighted by Gasteiger charge is -2.03. The van der Waals surface area contributed by atoms with Crippen molar-refractivity contribution in [1.82, 2.24) is 4.98 Å². The van der Waals surface area contributed by atoms with Crippen LogP contribution in [0, 0.1) is 12.7 Å². The van der Waals surface area contributed by atoms with Crippen LogP contribution in [0.2, 0.25) is 5.02 Å². The zero-order valence-electron chi connectivity index (χ0n) is 8.63. The summed E-state index contributed by atoms with van der Waals surface area (Å²) in [5, 5.41) is 3.15. The number of rotatable bonds is 2. The van der Waals surface area contributed by atoms with Crippen LogP contribution in [0.5, 0.6) is 0 Å². The van der Waals surface area contributed by atoms with Gasteiger partial charge in [0.2, 0.25) is 0 Å². The molecule has 0 aliphatic carbocycles. The first kappa shape index (κ1) is 11.5. The summed E-state index contributed by atoms with van der Waals surface area (Å²) in [4.78, 5) is 4.27. The zero-order valence-corrected chi connectivity index (χ0v) is 10.2. The molecule has 0 radical (unpaired) electrons. The molecule has 2 N–H and O–H groups in total. The molecule has 0 atom stereocenters. The number of nitrogens with zero attached hydrogens (tertiary/aromatic N) is 1. The number of benzene rings is 1. The van der Waals surface area contributed by atoms with Gasteiger partial charge in [-0.15, -0.1) is 11.3 Å². The molecule has 0 saturated carbocycles. The van der Waals surface area contributed by atoms with Gasteiger partial charge in [-0.1, -0.05) is 11.6 Å². The number of aromatic nitrogens is 1. The summed E-state index contributed by atoms with van der Waals surface area (Å²) < 4.78 is 13.4. The van der Waals surface area contributed by atoms with Gasteiger partial charge in [0, 0.05) is 17.5 Å². The van der Waals surface area contributed by atoms with E-state index in [1.54, 1.807) is 13.0 Å². The third-order valence-corrected chi connectivity index (χ3v) is 3.43. The van der Waals surface area contributed by atoms with E-state index >= 15 is 0 Å². The maximum atomic E-state index is 13.4. The number of aryl methyl sites for hydroxylation is 1. The van der Waals surface area contributed by atoms with Gasteiger partial charge in [0.05, 0.1) is 10.7 Å². The van der Waals surface area contributed by atoms with Crippen molar-refractivity contribution in [1.29, 1.82) is 0 Å². The fourth-order valence-electron chi connectivity index (χ4n) is 1.37. The molecule has 2 rings (SSSR count). The summed E-state index contributed by atoms with van der Waals surface area (Å²) in [6.07, 6.45) is 0. The Hall–Kier alpha value is -0.970. The van der Waals surface area contributed by atoms with Crippen molar-refractivity contribution in [3.05, 3.63) is 38.9 Å². The molecule has 1 aromatic heterocycles. The molecule has 2 nitrogen and oxygen atoms in total. The lowest BCUT2D eigenvalue weighted by molar-refractivity contribution is 0.619. The van der Waals surface area contributed by atoms with Crippen molar-refractivity contribution in [3.8, 4) is 11.3 Å². The zero-order chi connectivity index (χ0) is 11.7. The Morgan fingerprint density at radius 3 is 2.88 bits per heavy atom. The van der Waals surface area contributed by atoms with Gasteiger partial charge >= 0.3 is 0 Å². The topological polar surface area (TPSA) is 38.9 Å². The average molecular weight is 257 g/mol. The van der Waals surface area contributed by atoms with Crippen molar-refractivity contribution in [3.63, 3.8) is 0 Å². The quantitative estimate of drug-likeness (QED) is 0.895. The van der Waals surface area contributed by atoms with E-state index in [4.69, 9.17) is 17.3 Å². The van der Waals surface area contributed by atoms with Crippen LogP contribution in [-0.4, -0.2) is 4.98 Å². The molecule has 0 fully saturated rings. The van der Waals surface area contributed by atoms with Gasteiger partial charge in [0.15, 0.2) is 0 Å². The van der Waals surface area contributed by atoms with Crippen molar-refractivity contribution in [2.45, 2.75) is 13.5 Å². The van der Waals surface area contributed by atoms with Crippen LogP contribution in [0.15, 0.2) is 17.5 Å². The normalized spacial score (nSPS) is 10.8. The van der Waals surface area contributed by atoms with Crippen LogP contribution in [0.3, 0.4) is 0 Å². The second kappa shape index (κ2) is 4.49. The van der Waals surface area contributed by atoms with Crippen molar-refractivity contribution in [2.75, 3.05) is 0 Å². The standard InChI is InChI=1S/C11H10ClFN2S/c1-6-2-8(12)7(3-9(6)13)10-5-16-11(4-14)15-10/h2-3,5H,4,14H2,1H3. The molecule has 5 heteroatoms. The molecule has 0 bridgehead atoms. The fraction of sp³-hybridized carbons (Fsp3) is 0.182. The molecule has 0 amide bonds. The number of hydrogen-bond acceptors (Lipinski definition) is 3. The van der Waals surface area contributed by atoms with E-state index < -0.39 is 0 Å². The van der Waals surface area contributed by atoms with E-state index in [2.05, 4.69) is 4.98 Å². The van der Waals surface area contributed by atoms with Crippen LogP contribution in [-0.2, 0) is 6.54 Å². The van der Waals surface area contributed by atoms with E-state index in [1.807, 2.05) is 5.38 Å². The smallest absolute Gasteiger partial charge is 0.126 e. The summed E-state index contributed by atoms with van der Waals surface area (Å²) in [5.41, 5.74) is 7.29. The Labute approximate surface area is 102 Å². The first-order valence-electron chi connectivity index (χ1n) is 4.72. The summed E-state index contributed by atoms with van der Waals surface area (Å²) in [6.45, 7) is 2.06. The summed E-state index contributed by atoms with van der Waals surface area (Å²) in [7, 11) is 0. The summed E-state index contributed by atoms with van der Waals surface area (Å²) in [6, 6.07) is 3.01. The monoisotopic (exact) mass is 256 g/mol. The molecular weight excluding hydrogens is 247 g/mol. The van der Waals surface area contributed by atoms with Gasteiger partial charge in [-0.25, -0.2) is 9.37 Å². The second-order valence-corrected chi connectivity index (χ2v) is 4.76. The molecule has 0 aliphatic rings. The first-order valence-corrected chi connectivity index (χ1v) is 5.98. The number of halogens is 2. The third kappa shape index (κ3) is 2.09. The van der Waals surface area contributed by atoms with Crippen LogP contribution in [0.25, 0.3) is 11.3 Å². The van der Waals surface area contributed by atoms with Gasteiger partial charge in [-0.2, -0.15) is 0 Å². The highest BCUT2D eigenvalue weighted by atomic mass is 35.5. The van der Waals surface area contributed by atoms with Crippen LogP contribution in [0.1, 0.15) is 10.6 Å². The fourth-order valence-corrected chi connectivity index (χ4v) is 2.36. The predicted octanol–water partition coefficient (Wildman–Crippen LogP) is 3.37. The van der Waals surface area contributed by atoms with E-state index in [0.29, 0.717) is 28.4 Å². The lowest BCUT2D eigenvalue weighted by atomic mass is 10.1. The van der Waals surface area contributed by atoms with Crippen molar-refractivity contribution in [2.24, 2.45) is 5.73 Å². The number of hydrogen-bond donors (Lipinski definition) is 1. The van der Waals surface area contributed by atoms with Gasteiger partial charge in [0.25, 0.3) is 0 Å². The highest BCUT2D eigenvalue weighted by molar-refractivity contribution is 7.09. The second-order valence-electron chi connectivity index (χ2n) is 3.41. The highest BCUT2D eigenvalue weighted by Crippen LogP contribution is 2.30.